The molecule has 0 spiro atoms. The normalized spacial score (nSPS) is 15.8. The molecule has 3 rings (SSSR count). The number of hydrogen-bond donors (Lipinski definition) is 2. The number of hydrogen-bond acceptors (Lipinski definition) is 4. The molecular formula is C23H25FN2O4. The predicted molar refractivity (Wildman–Crippen MR) is 111 cm³/mol. The molecule has 0 radical (unpaired) electrons. The van der Waals surface area contributed by atoms with Gasteiger partial charge < -0.3 is 15.4 Å². The second-order valence-corrected chi connectivity index (χ2v) is 7.56. The molecule has 158 valence electrons. The number of benzene rings is 2. The Labute approximate surface area is 174 Å². The molecule has 0 heterocycles. The molecule has 0 aliphatic heterocycles. The smallest absolute Gasteiger partial charge is 0.317 e. The summed E-state index contributed by atoms with van der Waals surface area (Å²) in [6, 6.07) is 12.8. The van der Waals surface area contributed by atoms with Crippen molar-refractivity contribution in [2.24, 2.45) is 0 Å². The van der Waals surface area contributed by atoms with Gasteiger partial charge in [0.25, 0.3) is 5.91 Å². The van der Waals surface area contributed by atoms with Gasteiger partial charge in [0.2, 0.25) is 5.91 Å². The van der Waals surface area contributed by atoms with Crippen LogP contribution in [0.2, 0.25) is 0 Å². The van der Waals surface area contributed by atoms with Gasteiger partial charge >= 0.3 is 5.97 Å². The maximum atomic E-state index is 14.4. The standard InChI is InChI=1S/C23H25FN2O4/c1-15(21(28)26-18-11-9-17(10-12-18)25-16(2)27)30-22(29)23(13-5-6-14-23)19-7-3-4-8-20(19)24/h3-4,7-12,15H,5-6,13-14H2,1-2H3,(H,25,27)(H,26,28)/t15-/m0/s1. The lowest BCUT2D eigenvalue weighted by molar-refractivity contribution is -0.159. The first-order chi connectivity index (χ1) is 14.3. The zero-order valence-corrected chi connectivity index (χ0v) is 17.0. The summed E-state index contributed by atoms with van der Waals surface area (Å²) in [6.07, 6.45) is 1.53. The summed E-state index contributed by atoms with van der Waals surface area (Å²) in [7, 11) is 0. The molecule has 2 aromatic rings. The van der Waals surface area contributed by atoms with Crippen LogP contribution in [0.1, 0.15) is 45.1 Å². The van der Waals surface area contributed by atoms with E-state index in [2.05, 4.69) is 10.6 Å². The Kier molecular flexibility index (Phi) is 6.50. The third-order valence-corrected chi connectivity index (χ3v) is 5.36. The summed E-state index contributed by atoms with van der Waals surface area (Å²) < 4.78 is 19.9. The lowest BCUT2D eigenvalue weighted by atomic mass is 9.78. The zero-order chi connectivity index (χ0) is 21.7. The van der Waals surface area contributed by atoms with Crippen LogP contribution in [0.25, 0.3) is 0 Å². The van der Waals surface area contributed by atoms with E-state index < -0.39 is 29.2 Å². The lowest BCUT2D eigenvalue weighted by Crippen LogP contribution is -2.40. The Bertz CT molecular complexity index is 936. The quantitative estimate of drug-likeness (QED) is 0.698. The van der Waals surface area contributed by atoms with Gasteiger partial charge in [0.05, 0.1) is 5.41 Å². The van der Waals surface area contributed by atoms with Crippen molar-refractivity contribution in [1.82, 2.24) is 0 Å². The molecule has 6 nitrogen and oxygen atoms in total. The van der Waals surface area contributed by atoms with Crippen LogP contribution in [-0.2, 0) is 24.5 Å². The Morgan fingerprint density at radius 1 is 0.967 bits per heavy atom. The van der Waals surface area contributed by atoms with Crippen LogP contribution >= 0.6 is 0 Å². The first-order valence-corrected chi connectivity index (χ1v) is 9.96. The minimum absolute atomic E-state index is 0.192. The van der Waals surface area contributed by atoms with E-state index in [1.807, 2.05) is 0 Å². The molecular weight excluding hydrogens is 387 g/mol. The minimum Gasteiger partial charge on any atom is -0.452 e. The second-order valence-electron chi connectivity index (χ2n) is 7.56. The Hall–Kier alpha value is -3.22. The maximum absolute atomic E-state index is 14.4. The summed E-state index contributed by atoms with van der Waals surface area (Å²) in [5, 5.41) is 5.32. The van der Waals surface area contributed by atoms with Crippen molar-refractivity contribution in [3.8, 4) is 0 Å². The summed E-state index contributed by atoms with van der Waals surface area (Å²) in [4.78, 5) is 36.6. The third kappa shape index (κ3) is 4.67. The van der Waals surface area contributed by atoms with Crippen molar-refractivity contribution >= 4 is 29.2 Å². The maximum Gasteiger partial charge on any atom is 0.317 e. The van der Waals surface area contributed by atoms with E-state index in [0.29, 0.717) is 29.8 Å². The van der Waals surface area contributed by atoms with Crippen LogP contribution in [0.15, 0.2) is 48.5 Å². The number of carbonyl (C=O) groups is 3. The molecule has 2 amide bonds. The number of nitrogens with one attached hydrogen (secondary N) is 2. The number of amides is 2. The van der Waals surface area contributed by atoms with Gasteiger partial charge in [0.1, 0.15) is 5.82 Å². The van der Waals surface area contributed by atoms with Crippen LogP contribution in [-0.4, -0.2) is 23.9 Å². The molecule has 30 heavy (non-hydrogen) atoms. The molecule has 1 fully saturated rings. The fraction of sp³-hybridized carbons (Fsp3) is 0.348. The van der Waals surface area contributed by atoms with Gasteiger partial charge in [-0.2, -0.15) is 0 Å². The summed E-state index contributed by atoms with van der Waals surface area (Å²) >= 11 is 0. The van der Waals surface area contributed by atoms with E-state index in [-0.39, 0.29) is 5.91 Å². The van der Waals surface area contributed by atoms with Gasteiger partial charge in [-0.15, -0.1) is 0 Å². The van der Waals surface area contributed by atoms with Gasteiger partial charge in [-0.25, -0.2) is 4.39 Å². The van der Waals surface area contributed by atoms with Gasteiger partial charge in [-0.3, -0.25) is 14.4 Å². The predicted octanol–water partition coefficient (Wildman–Crippen LogP) is 4.17. The molecule has 2 N–H and O–H groups in total. The first kappa shape index (κ1) is 21.5. The number of halogens is 1. The van der Waals surface area contributed by atoms with Crippen molar-refractivity contribution in [1.29, 1.82) is 0 Å². The largest absolute Gasteiger partial charge is 0.452 e. The van der Waals surface area contributed by atoms with Crippen LogP contribution in [0.4, 0.5) is 15.8 Å². The molecule has 0 bridgehead atoms. The van der Waals surface area contributed by atoms with E-state index >= 15 is 0 Å². The molecule has 0 saturated heterocycles. The van der Waals surface area contributed by atoms with Crippen LogP contribution in [0.5, 0.6) is 0 Å². The Morgan fingerprint density at radius 2 is 1.53 bits per heavy atom. The van der Waals surface area contributed by atoms with E-state index in [4.69, 9.17) is 4.74 Å². The monoisotopic (exact) mass is 412 g/mol. The number of ether oxygens (including phenoxy) is 1. The van der Waals surface area contributed by atoms with Crippen molar-refractivity contribution in [3.63, 3.8) is 0 Å². The minimum atomic E-state index is -1.06. The summed E-state index contributed by atoms with van der Waals surface area (Å²) in [5.41, 5.74) is 0.378. The number of esters is 1. The molecule has 0 unspecified atom stereocenters. The first-order valence-electron chi connectivity index (χ1n) is 9.96. The van der Waals surface area contributed by atoms with Gasteiger partial charge in [-0.05, 0) is 50.1 Å². The molecule has 1 atom stereocenters. The van der Waals surface area contributed by atoms with Crippen LogP contribution in [0, 0.1) is 5.82 Å². The van der Waals surface area contributed by atoms with Crippen LogP contribution < -0.4 is 10.6 Å². The second kappa shape index (κ2) is 9.07. The molecule has 1 aliphatic carbocycles. The molecule has 2 aromatic carbocycles. The lowest BCUT2D eigenvalue weighted by Gasteiger charge is -2.29. The Morgan fingerprint density at radius 3 is 2.10 bits per heavy atom. The molecule has 0 aromatic heterocycles. The molecule has 7 heteroatoms. The van der Waals surface area contributed by atoms with Gasteiger partial charge in [0.15, 0.2) is 6.10 Å². The summed E-state index contributed by atoms with van der Waals surface area (Å²) in [6.45, 7) is 2.90. The van der Waals surface area contributed by atoms with Crippen molar-refractivity contribution in [3.05, 3.63) is 59.9 Å². The summed E-state index contributed by atoms with van der Waals surface area (Å²) in [5.74, 6) is -1.69. The highest BCUT2D eigenvalue weighted by molar-refractivity contribution is 5.96. The molecule has 1 saturated carbocycles. The fourth-order valence-corrected chi connectivity index (χ4v) is 3.82. The number of carbonyl (C=O) groups excluding carboxylic acids is 3. The highest BCUT2D eigenvalue weighted by atomic mass is 19.1. The van der Waals surface area contributed by atoms with E-state index in [0.717, 1.165) is 12.8 Å². The average molecular weight is 412 g/mol. The SMILES string of the molecule is CC(=O)Nc1ccc(NC(=O)[C@H](C)OC(=O)C2(c3ccccc3F)CCCC2)cc1. The molecule has 1 aliphatic rings. The van der Waals surface area contributed by atoms with E-state index in [1.54, 1.807) is 42.5 Å². The number of anilines is 2. The zero-order valence-electron chi connectivity index (χ0n) is 17.0. The van der Waals surface area contributed by atoms with Crippen molar-refractivity contribution < 1.29 is 23.5 Å². The van der Waals surface area contributed by atoms with Crippen molar-refractivity contribution in [2.45, 2.75) is 51.0 Å². The van der Waals surface area contributed by atoms with Crippen LogP contribution in [0.3, 0.4) is 0 Å². The highest BCUT2D eigenvalue weighted by Gasteiger charge is 2.46. The van der Waals surface area contributed by atoms with Gasteiger partial charge in [0, 0.05) is 23.9 Å². The highest BCUT2D eigenvalue weighted by Crippen LogP contribution is 2.43. The topological polar surface area (TPSA) is 84.5 Å². The van der Waals surface area contributed by atoms with E-state index in [1.165, 1.54) is 19.9 Å². The van der Waals surface area contributed by atoms with Crippen molar-refractivity contribution in [2.75, 3.05) is 10.6 Å². The third-order valence-electron chi connectivity index (χ3n) is 5.36. The van der Waals surface area contributed by atoms with Gasteiger partial charge in [-0.1, -0.05) is 31.0 Å². The fourth-order valence-electron chi connectivity index (χ4n) is 3.82. The number of rotatable bonds is 6. The van der Waals surface area contributed by atoms with E-state index in [9.17, 15) is 18.8 Å². The Balaban J connectivity index is 1.67. The average Bonchev–Trinajstić information content (AvgIpc) is 3.20.